The molecule has 124 valence electrons. The second kappa shape index (κ2) is 7.63. The lowest BCUT2D eigenvalue weighted by molar-refractivity contribution is 0.0472. The van der Waals surface area contributed by atoms with Crippen LogP contribution in [0.25, 0.3) is 0 Å². The van der Waals surface area contributed by atoms with Gasteiger partial charge >= 0.3 is 6.09 Å². The molecule has 0 saturated carbocycles. The highest BCUT2D eigenvalue weighted by molar-refractivity contribution is 5.68. The van der Waals surface area contributed by atoms with Crippen LogP contribution in [0.15, 0.2) is 24.3 Å². The lowest BCUT2D eigenvalue weighted by Gasteiger charge is -2.29. The zero-order chi connectivity index (χ0) is 16.8. The summed E-state index contributed by atoms with van der Waals surface area (Å²) in [4.78, 5) is 11.8. The average Bonchev–Trinajstić information content (AvgIpc) is 2.35. The quantitative estimate of drug-likeness (QED) is 0.843. The van der Waals surface area contributed by atoms with E-state index in [4.69, 9.17) is 4.74 Å². The Morgan fingerprint density at radius 3 is 2.23 bits per heavy atom. The molecule has 0 aromatic heterocycles. The molecule has 4 heteroatoms. The number of aryl methyl sites for hydroxylation is 1. The second-order valence-corrected chi connectivity index (χ2v) is 7.24. The van der Waals surface area contributed by atoms with Crippen LogP contribution in [-0.2, 0) is 17.7 Å². The maximum atomic E-state index is 11.8. The van der Waals surface area contributed by atoms with Gasteiger partial charge in [0.1, 0.15) is 5.60 Å². The van der Waals surface area contributed by atoms with Crippen molar-refractivity contribution in [2.24, 2.45) is 0 Å². The SMILES string of the molecule is CCc1ccccc1CNCC(C)(C)NC(=O)OC(C)(C)C. The molecule has 0 fully saturated rings. The normalized spacial score (nSPS) is 12.1. The van der Waals surface area contributed by atoms with E-state index in [1.807, 2.05) is 34.6 Å². The molecule has 0 aliphatic carbocycles. The molecule has 4 nitrogen and oxygen atoms in total. The fourth-order valence-electron chi connectivity index (χ4n) is 2.21. The average molecular weight is 306 g/mol. The predicted octanol–water partition coefficient (Wildman–Crippen LogP) is 3.64. The minimum Gasteiger partial charge on any atom is -0.444 e. The molecule has 1 rings (SSSR count). The standard InChI is InChI=1S/C18H30N2O2/c1-7-14-10-8-9-11-15(14)12-19-13-18(5,6)20-16(21)22-17(2,3)4/h8-11,19H,7,12-13H2,1-6H3,(H,20,21). The van der Waals surface area contributed by atoms with Crippen molar-refractivity contribution in [3.63, 3.8) is 0 Å². The van der Waals surface area contributed by atoms with Gasteiger partial charge in [0.2, 0.25) is 0 Å². The molecule has 0 saturated heterocycles. The van der Waals surface area contributed by atoms with Gasteiger partial charge in [-0.1, -0.05) is 31.2 Å². The molecule has 0 aliphatic rings. The topological polar surface area (TPSA) is 50.4 Å². The molecule has 1 aromatic rings. The maximum absolute atomic E-state index is 11.8. The Morgan fingerprint density at radius 2 is 1.68 bits per heavy atom. The minimum absolute atomic E-state index is 0.372. The third-order valence-corrected chi connectivity index (χ3v) is 3.22. The highest BCUT2D eigenvalue weighted by Gasteiger charge is 2.24. The number of rotatable bonds is 6. The molecule has 0 spiro atoms. The third kappa shape index (κ3) is 6.94. The Labute approximate surface area is 134 Å². The number of carbonyl (C=O) groups excluding carboxylic acids is 1. The van der Waals surface area contributed by atoms with Crippen LogP contribution in [0, 0.1) is 0 Å². The summed E-state index contributed by atoms with van der Waals surface area (Å²) in [5.74, 6) is 0. The van der Waals surface area contributed by atoms with Crippen LogP contribution >= 0.6 is 0 Å². The molecule has 0 radical (unpaired) electrons. The molecule has 1 amide bonds. The Bertz CT molecular complexity index is 490. The predicted molar refractivity (Wildman–Crippen MR) is 91.0 cm³/mol. The van der Waals surface area contributed by atoms with E-state index in [0.717, 1.165) is 13.0 Å². The van der Waals surface area contributed by atoms with Gasteiger partial charge in [0.25, 0.3) is 0 Å². The number of alkyl carbamates (subject to hydrolysis) is 1. The van der Waals surface area contributed by atoms with Crippen LogP contribution in [0.2, 0.25) is 0 Å². The summed E-state index contributed by atoms with van der Waals surface area (Å²) < 4.78 is 5.30. The first kappa shape index (κ1) is 18.5. The van der Waals surface area contributed by atoms with Crippen molar-refractivity contribution in [1.82, 2.24) is 10.6 Å². The van der Waals surface area contributed by atoms with Crippen LogP contribution < -0.4 is 10.6 Å². The van der Waals surface area contributed by atoms with Crippen LogP contribution in [0.1, 0.15) is 52.7 Å². The van der Waals surface area contributed by atoms with E-state index in [-0.39, 0.29) is 11.6 Å². The van der Waals surface area contributed by atoms with E-state index in [9.17, 15) is 4.79 Å². The first-order valence-corrected chi connectivity index (χ1v) is 7.91. The van der Waals surface area contributed by atoms with Gasteiger partial charge in [0.15, 0.2) is 0 Å². The van der Waals surface area contributed by atoms with Crippen molar-refractivity contribution >= 4 is 6.09 Å². The molecule has 0 atom stereocenters. The smallest absolute Gasteiger partial charge is 0.408 e. The molecular formula is C18H30N2O2. The number of ether oxygens (including phenoxy) is 1. The highest BCUT2D eigenvalue weighted by Crippen LogP contribution is 2.11. The minimum atomic E-state index is -0.479. The van der Waals surface area contributed by atoms with E-state index in [0.29, 0.717) is 6.54 Å². The largest absolute Gasteiger partial charge is 0.444 e. The third-order valence-electron chi connectivity index (χ3n) is 3.22. The summed E-state index contributed by atoms with van der Waals surface area (Å²) in [5.41, 5.74) is 1.81. The van der Waals surface area contributed by atoms with Crippen molar-refractivity contribution in [2.45, 2.75) is 65.6 Å². The molecule has 22 heavy (non-hydrogen) atoms. The lowest BCUT2D eigenvalue weighted by Crippen LogP contribution is -2.51. The van der Waals surface area contributed by atoms with E-state index >= 15 is 0 Å². The van der Waals surface area contributed by atoms with Gasteiger partial charge in [-0.3, -0.25) is 0 Å². The first-order chi connectivity index (χ1) is 10.1. The van der Waals surface area contributed by atoms with Crippen molar-refractivity contribution in [3.8, 4) is 0 Å². The Hall–Kier alpha value is -1.55. The van der Waals surface area contributed by atoms with E-state index < -0.39 is 5.60 Å². The van der Waals surface area contributed by atoms with Gasteiger partial charge in [-0.25, -0.2) is 4.79 Å². The Balaban J connectivity index is 2.47. The monoisotopic (exact) mass is 306 g/mol. The van der Waals surface area contributed by atoms with Crippen molar-refractivity contribution in [3.05, 3.63) is 35.4 Å². The summed E-state index contributed by atoms with van der Waals surface area (Å²) in [6.45, 7) is 13.2. The van der Waals surface area contributed by atoms with Gasteiger partial charge in [0, 0.05) is 13.1 Å². The van der Waals surface area contributed by atoms with Crippen molar-refractivity contribution in [2.75, 3.05) is 6.54 Å². The fourth-order valence-corrected chi connectivity index (χ4v) is 2.21. The number of hydrogen-bond donors (Lipinski definition) is 2. The molecule has 0 unspecified atom stereocenters. The van der Waals surface area contributed by atoms with Gasteiger partial charge < -0.3 is 15.4 Å². The summed E-state index contributed by atoms with van der Waals surface area (Å²) in [7, 11) is 0. The van der Waals surface area contributed by atoms with Gasteiger partial charge in [-0.05, 0) is 52.2 Å². The van der Waals surface area contributed by atoms with Gasteiger partial charge in [0.05, 0.1) is 5.54 Å². The zero-order valence-corrected chi connectivity index (χ0v) is 14.7. The Kier molecular flexibility index (Phi) is 6.42. The molecule has 2 N–H and O–H groups in total. The summed E-state index contributed by atoms with van der Waals surface area (Å²) in [6.07, 6.45) is 0.644. The number of benzene rings is 1. The molecule has 0 aliphatic heterocycles. The molecule has 0 bridgehead atoms. The van der Waals surface area contributed by atoms with E-state index in [2.05, 4.69) is 41.8 Å². The first-order valence-electron chi connectivity index (χ1n) is 7.91. The fraction of sp³-hybridized carbons (Fsp3) is 0.611. The van der Waals surface area contributed by atoms with E-state index in [1.54, 1.807) is 0 Å². The Morgan fingerprint density at radius 1 is 1.09 bits per heavy atom. The van der Waals surface area contributed by atoms with Crippen molar-refractivity contribution in [1.29, 1.82) is 0 Å². The molecule has 0 heterocycles. The van der Waals surface area contributed by atoms with E-state index in [1.165, 1.54) is 11.1 Å². The second-order valence-electron chi connectivity index (χ2n) is 7.24. The number of nitrogens with one attached hydrogen (secondary N) is 2. The number of amides is 1. The lowest BCUT2D eigenvalue weighted by atomic mass is 10.0. The maximum Gasteiger partial charge on any atom is 0.408 e. The van der Waals surface area contributed by atoms with Crippen molar-refractivity contribution < 1.29 is 9.53 Å². The number of hydrogen-bond acceptors (Lipinski definition) is 3. The number of carbonyl (C=O) groups is 1. The van der Waals surface area contributed by atoms with Gasteiger partial charge in [-0.15, -0.1) is 0 Å². The van der Waals surface area contributed by atoms with Crippen LogP contribution in [0.3, 0.4) is 0 Å². The summed E-state index contributed by atoms with van der Waals surface area (Å²) in [6, 6.07) is 8.41. The van der Waals surface area contributed by atoms with Crippen LogP contribution in [-0.4, -0.2) is 23.8 Å². The summed E-state index contributed by atoms with van der Waals surface area (Å²) >= 11 is 0. The molecular weight excluding hydrogens is 276 g/mol. The van der Waals surface area contributed by atoms with Crippen LogP contribution in [0.4, 0.5) is 4.79 Å². The van der Waals surface area contributed by atoms with Crippen LogP contribution in [0.5, 0.6) is 0 Å². The van der Waals surface area contributed by atoms with Gasteiger partial charge in [-0.2, -0.15) is 0 Å². The zero-order valence-electron chi connectivity index (χ0n) is 14.7. The summed E-state index contributed by atoms with van der Waals surface area (Å²) in [5, 5.41) is 6.32. The molecule has 1 aromatic carbocycles. The highest BCUT2D eigenvalue weighted by atomic mass is 16.6.